The summed E-state index contributed by atoms with van der Waals surface area (Å²) in [5.74, 6) is 1.64. The van der Waals surface area contributed by atoms with Crippen LogP contribution in [0.2, 0.25) is 0 Å². The van der Waals surface area contributed by atoms with Crippen molar-refractivity contribution in [2.24, 2.45) is 17.3 Å². The van der Waals surface area contributed by atoms with Crippen LogP contribution in [0, 0.1) is 24.2 Å². The average Bonchev–Trinajstić information content (AvgIpc) is 2.93. The number of fused-ring (bicyclic) bond motifs is 5. The van der Waals surface area contributed by atoms with Gasteiger partial charge in [-0.1, -0.05) is 27.4 Å². The maximum absolute atomic E-state index is 12.7. The Balaban J connectivity index is 2.07. The van der Waals surface area contributed by atoms with Crippen molar-refractivity contribution in [3.8, 4) is 5.75 Å². The van der Waals surface area contributed by atoms with Gasteiger partial charge in [-0.15, -0.1) is 0 Å². The van der Waals surface area contributed by atoms with E-state index in [1.807, 2.05) is 13.8 Å². The first-order valence-corrected chi connectivity index (χ1v) is 8.37. The van der Waals surface area contributed by atoms with Crippen LogP contribution < -0.4 is 0 Å². The monoisotopic (exact) mass is 296 g/mol. The number of rotatable bonds is 0. The van der Waals surface area contributed by atoms with E-state index in [1.54, 1.807) is 0 Å². The van der Waals surface area contributed by atoms with Crippen molar-refractivity contribution in [1.82, 2.24) is 0 Å². The lowest BCUT2D eigenvalue weighted by molar-refractivity contribution is 0.0946. The normalized spacial score (nSPS) is 31.4. The van der Waals surface area contributed by atoms with Crippen molar-refractivity contribution in [3.05, 3.63) is 34.4 Å². The zero-order valence-corrected chi connectivity index (χ0v) is 13.9. The summed E-state index contributed by atoms with van der Waals surface area (Å²) < 4.78 is 0. The van der Waals surface area contributed by atoms with E-state index >= 15 is 0 Å². The van der Waals surface area contributed by atoms with E-state index in [0.29, 0.717) is 24.0 Å². The van der Waals surface area contributed by atoms with Crippen molar-refractivity contribution in [1.29, 1.82) is 0 Å². The number of carbonyl (C=O) groups excluding carboxylic acids is 1. The molecule has 1 saturated carbocycles. The number of carbonyl (C=O) groups is 1. The maximum atomic E-state index is 12.7. The van der Waals surface area contributed by atoms with E-state index in [4.69, 9.17) is 0 Å². The SMILES string of the molecule is C=C1CC[C@H]2[C@H](c3c(C)c(O)c4c(c31)C(=O)[C@H](C)C4)C2(C)C. The van der Waals surface area contributed by atoms with Gasteiger partial charge < -0.3 is 5.11 Å². The highest BCUT2D eigenvalue weighted by Crippen LogP contribution is 2.70. The van der Waals surface area contributed by atoms with Gasteiger partial charge in [0.15, 0.2) is 5.78 Å². The first kappa shape index (κ1) is 14.0. The van der Waals surface area contributed by atoms with Gasteiger partial charge in [0.1, 0.15) is 5.75 Å². The van der Waals surface area contributed by atoms with Gasteiger partial charge in [-0.2, -0.15) is 0 Å². The van der Waals surface area contributed by atoms with Crippen LogP contribution >= 0.6 is 0 Å². The third-order valence-electron chi connectivity index (χ3n) is 6.54. The summed E-state index contributed by atoms with van der Waals surface area (Å²) in [5.41, 5.74) is 6.33. The first-order chi connectivity index (χ1) is 10.3. The fraction of sp³-hybridized carbons (Fsp3) is 0.550. The molecule has 1 N–H and O–H groups in total. The summed E-state index contributed by atoms with van der Waals surface area (Å²) >= 11 is 0. The quantitative estimate of drug-likeness (QED) is 0.758. The zero-order chi connectivity index (χ0) is 16.0. The average molecular weight is 296 g/mol. The Morgan fingerprint density at radius 2 is 1.95 bits per heavy atom. The number of phenols is 1. The molecule has 116 valence electrons. The second-order valence-electron chi connectivity index (χ2n) is 8.13. The number of phenolic OH excluding ortho intramolecular Hbond substituents is 1. The molecule has 4 rings (SSSR count). The van der Waals surface area contributed by atoms with Gasteiger partial charge >= 0.3 is 0 Å². The topological polar surface area (TPSA) is 37.3 Å². The van der Waals surface area contributed by atoms with Gasteiger partial charge in [0.25, 0.3) is 0 Å². The highest BCUT2D eigenvalue weighted by atomic mass is 16.3. The van der Waals surface area contributed by atoms with Crippen LogP contribution in [0.1, 0.15) is 72.1 Å². The van der Waals surface area contributed by atoms with Crippen LogP contribution in [0.4, 0.5) is 0 Å². The number of allylic oxidation sites excluding steroid dienone is 1. The molecule has 0 radical (unpaired) electrons. The van der Waals surface area contributed by atoms with Crippen molar-refractivity contribution < 1.29 is 9.90 Å². The summed E-state index contributed by atoms with van der Waals surface area (Å²) in [6.45, 7) is 12.9. The smallest absolute Gasteiger partial charge is 0.167 e. The molecule has 1 aromatic carbocycles. The molecule has 0 aromatic heterocycles. The molecule has 1 aromatic rings. The summed E-state index contributed by atoms with van der Waals surface area (Å²) in [6, 6.07) is 0. The predicted molar refractivity (Wildman–Crippen MR) is 88.3 cm³/mol. The largest absolute Gasteiger partial charge is 0.507 e. The van der Waals surface area contributed by atoms with Crippen molar-refractivity contribution >= 4 is 11.4 Å². The number of benzene rings is 1. The number of hydrogen-bond acceptors (Lipinski definition) is 2. The van der Waals surface area contributed by atoms with Gasteiger partial charge in [0, 0.05) is 17.0 Å². The fourth-order valence-corrected chi connectivity index (χ4v) is 5.13. The number of aromatic hydroxyl groups is 1. The number of hydrogen-bond donors (Lipinski definition) is 1. The lowest BCUT2D eigenvalue weighted by Gasteiger charge is -2.21. The second kappa shape index (κ2) is 4.04. The van der Waals surface area contributed by atoms with E-state index in [1.165, 1.54) is 5.56 Å². The second-order valence-corrected chi connectivity index (χ2v) is 8.13. The van der Waals surface area contributed by atoms with E-state index < -0.39 is 0 Å². The molecule has 0 unspecified atom stereocenters. The fourth-order valence-electron chi connectivity index (χ4n) is 5.13. The van der Waals surface area contributed by atoms with Crippen LogP contribution in [0.15, 0.2) is 6.58 Å². The van der Waals surface area contributed by atoms with Crippen molar-refractivity contribution in [2.75, 3.05) is 0 Å². The third-order valence-corrected chi connectivity index (χ3v) is 6.54. The van der Waals surface area contributed by atoms with E-state index in [2.05, 4.69) is 20.4 Å². The molecule has 22 heavy (non-hydrogen) atoms. The van der Waals surface area contributed by atoms with E-state index in [0.717, 1.165) is 40.7 Å². The van der Waals surface area contributed by atoms with Crippen molar-refractivity contribution in [3.63, 3.8) is 0 Å². The molecular formula is C20H24O2. The molecule has 0 saturated heterocycles. The molecule has 1 fully saturated rings. The summed E-state index contributed by atoms with van der Waals surface area (Å²) in [6.07, 6.45) is 2.78. The molecule has 0 spiro atoms. The molecule has 0 amide bonds. The standard InChI is InChI=1S/C20H24O2/c1-9-6-7-13-17(20(13,4)5)15-11(3)19(22)12-8-10(2)18(21)16(12)14(9)15/h10,13,17,22H,1,6-8H2,2-5H3/t10-,13+,17-/m1/s1. The van der Waals surface area contributed by atoms with Crippen LogP contribution in [0.3, 0.4) is 0 Å². The highest BCUT2D eigenvalue weighted by molar-refractivity contribution is 6.07. The number of Topliss-reactive ketones (excluding diaryl/α,β-unsaturated/α-hetero) is 1. The van der Waals surface area contributed by atoms with Gasteiger partial charge in [0.05, 0.1) is 0 Å². The summed E-state index contributed by atoms with van der Waals surface area (Å²) in [5, 5.41) is 10.7. The lowest BCUT2D eigenvalue weighted by Crippen LogP contribution is -2.09. The van der Waals surface area contributed by atoms with Gasteiger partial charge in [0.2, 0.25) is 0 Å². The molecule has 0 heterocycles. The minimum atomic E-state index is -0.0223. The van der Waals surface area contributed by atoms with E-state index in [9.17, 15) is 9.90 Å². The molecule has 2 nitrogen and oxygen atoms in total. The molecule has 3 aliphatic rings. The minimum absolute atomic E-state index is 0.0223. The lowest BCUT2D eigenvalue weighted by atomic mass is 9.84. The van der Waals surface area contributed by atoms with Crippen molar-refractivity contribution in [2.45, 2.75) is 52.9 Å². The Morgan fingerprint density at radius 3 is 2.64 bits per heavy atom. The Morgan fingerprint density at radius 1 is 1.27 bits per heavy atom. The van der Waals surface area contributed by atoms with Gasteiger partial charge in [-0.05, 0) is 65.7 Å². The van der Waals surface area contributed by atoms with Crippen LogP contribution in [-0.2, 0) is 6.42 Å². The number of ketones is 1. The van der Waals surface area contributed by atoms with Crippen LogP contribution in [0.5, 0.6) is 5.75 Å². The van der Waals surface area contributed by atoms with Crippen LogP contribution in [-0.4, -0.2) is 10.9 Å². The highest BCUT2D eigenvalue weighted by Gasteiger charge is 2.60. The molecule has 0 aliphatic heterocycles. The minimum Gasteiger partial charge on any atom is -0.507 e. The molecule has 0 bridgehead atoms. The third kappa shape index (κ3) is 1.48. The summed E-state index contributed by atoms with van der Waals surface area (Å²) in [4.78, 5) is 12.7. The van der Waals surface area contributed by atoms with Gasteiger partial charge in [-0.3, -0.25) is 4.79 Å². The molecule has 3 atom stereocenters. The van der Waals surface area contributed by atoms with Gasteiger partial charge in [-0.25, -0.2) is 0 Å². The summed E-state index contributed by atoms with van der Waals surface area (Å²) in [7, 11) is 0. The van der Waals surface area contributed by atoms with E-state index in [-0.39, 0.29) is 17.1 Å². The molecule has 2 heteroatoms. The molecule has 3 aliphatic carbocycles. The maximum Gasteiger partial charge on any atom is 0.167 e. The zero-order valence-electron chi connectivity index (χ0n) is 13.9. The Hall–Kier alpha value is -1.57. The molecular weight excluding hydrogens is 272 g/mol. The first-order valence-electron chi connectivity index (χ1n) is 8.37. The Labute approximate surface area is 132 Å². The van der Waals surface area contributed by atoms with Crippen LogP contribution in [0.25, 0.3) is 5.57 Å². The predicted octanol–water partition coefficient (Wildman–Crippen LogP) is 4.62. The Kier molecular flexibility index (Phi) is 2.58. The Bertz CT molecular complexity index is 739.